The first-order chi connectivity index (χ1) is 17.2. The quantitative estimate of drug-likeness (QED) is 0.392. The molecule has 1 aliphatic heterocycles. The summed E-state index contributed by atoms with van der Waals surface area (Å²) in [6.07, 6.45) is 4.69. The second kappa shape index (κ2) is 10.3. The monoisotopic (exact) mass is 469 g/mol. The molecule has 2 aromatic carbocycles. The summed E-state index contributed by atoms with van der Waals surface area (Å²) in [6, 6.07) is 19.7. The summed E-state index contributed by atoms with van der Waals surface area (Å²) in [5.74, 6) is 0.968. The van der Waals surface area contributed by atoms with Gasteiger partial charge in [-0.05, 0) is 56.7 Å². The Morgan fingerprint density at radius 1 is 1.00 bits per heavy atom. The fraction of sp³-hybridized carbons (Fsp3) is 0.321. The van der Waals surface area contributed by atoms with Crippen LogP contribution in [0.5, 0.6) is 5.75 Å². The van der Waals surface area contributed by atoms with Gasteiger partial charge >= 0.3 is 0 Å². The van der Waals surface area contributed by atoms with Crippen LogP contribution in [-0.2, 0) is 4.79 Å². The van der Waals surface area contributed by atoms with Crippen LogP contribution in [0.25, 0.3) is 16.6 Å². The van der Waals surface area contributed by atoms with E-state index in [2.05, 4.69) is 26.9 Å². The molecule has 0 amide bonds. The summed E-state index contributed by atoms with van der Waals surface area (Å²) >= 11 is 0. The number of hydrogen-bond acceptors (Lipinski definition) is 6. The van der Waals surface area contributed by atoms with Gasteiger partial charge in [0.1, 0.15) is 17.5 Å². The molecule has 35 heavy (non-hydrogen) atoms. The molecular formula is C28H31N5O2. The minimum atomic E-state index is -0.364. The number of rotatable bonds is 7. The van der Waals surface area contributed by atoms with Crippen molar-refractivity contribution in [2.45, 2.75) is 26.3 Å². The maximum Gasteiger partial charge on any atom is 0.153 e. The molecule has 1 fully saturated rings. The van der Waals surface area contributed by atoms with E-state index in [1.54, 1.807) is 6.92 Å². The number of ketones is 1. The molecule has 0 radical (unpaired) electrons. The number of hydrogen-bond donors (Lipinski definition) is 0. The Labute approximate surface area is 205 Å². The third kappa shape index (κ3) is 4.77. The predicted molar refractivity (Wildman–Crippen MR) is 138 cm³/mol. The summed E-state index contributed by atoms with van der Waals surface area (Å²) in [6.45, 7) is 7.48. The van der Waals surface area contributed by atoms with Gasteiger partial charge in [0, 0.05) is 44.0 Å². The molecule has 0 aliphatic carbocycles. The van der Waals surface area contributed by atoms with Gasteiger partial charge in [-0.15, -0.1) is 0 Å². The van der Waals surface area contributed by atoms with Crippen LogP contribution in [0.3, 0.4) is 0 Å². The van der Waals surface area contributed by atoms with Gasteiger partial charge in [-0.3, -0.25) is 14.7 Å². The smallest absolute Gasteiger partial charge is 0.153 e. The second-order valence-electron chi connectivity index (χ2n) is 8.83. The van der Waals surface area contributed by atoms with Gasteiger partial charge in [-0.2, -0.15) is 5.10 Å². The highest BCUT2D eigenvalue weighted by atomic mass is 16.5. The molecule has 1 aliphatic rings. The largest absolute Gasteiger partial charge is 0.492 e. The van der Waals surface area contributed by atoms with Crippen molar-refractivity contribution in [2.75, 3.05) is 37.7 Å². The van der Waals surface area contributed by atoms with E-state index in [0.717, 1.165) is 66.3 Å². The number of fused-ring (bicyclic) bond motifs is 1. The van der Waals surface area contributed by atoms with Gasteiger partial charge in [0.25, 0.3) is 0 Å². The number of carbonyl (C=O) groups excluding carboxylic acids is 1. The van der Waals surface area contributed by atoms with E-state index < -0.39 is 0 Å². The van der Waals surface area contributed by atoms with Gasteiger partial charge in [-0.25, -0.2) is 4.68 Å². The normalized spacial score (nSPS) is 15.7. The zero-order valence-electron chi connectivity index (χ0n) is 20.3. The van der Waals surface area contributed by atoms with Gasteiger partial charge in [0.2, 0.25) is 0 Å². The minimum Gasteiger partial charge on any atom is -0.492 e. The lowest BCUT2D eigenvalue weighted by atomic mass is 10.1. The molecule has 0 bridgehead atoms. The highest BCUT2D eigenvalue weighted by Gasteiger charge is 2.30. The van der Waals surface area contributed by atoms with Crippen LogP contribution in [0.1, 0.15) is 32.0 Å². The zero-order chi connectivity index (χ0) is 24.2. The Kier molecular flexibility index (Phi) is 6.77. The van der Waals surface area contributed by atoms with Crippen LogP contribution in [0.2, 0.25) is 0 Å². The average molecular weight is 470 g/mol. The van der Waals surface area contributed by atoms with Crippen LogP contribution in [0, 0.1) is 0 Å². The summed E-state index contributed by atoms with van der Waals surface area (Å²) < 4.78 is 7.84. The number of nitrogens with zero attached hydrogens (tertiary/aromatic N) is 5. The van der Waals surface area contributed by atoms with E-state index in [1.165, 1.54) is 0 Å². The molecule has 7 nitrogen and oxygen atoms in total. The molecular weight excluding hydrogens is 438 g/mol. The third-order valence-electron chi connectivity index (χ3n) is 6.52. The van der Waals surface area contributed by atoms with E-state index in [1.807, 2.05) is 72.5 Å². The van der Waals surface area contributed by atoms with Crippen LogP contribution in [0.4, 0.5) is 5.69 Å². The standard InChI is InChI=1S/C28H31N5O2/c1-3-35-25-13-12-22-9-7-15-29-26(22)28(25)32-17-8-16-31(19-20-32)27(21(2)34)24-14-18-33(30-24)23-10-5-4-6-11-23/h4-7,9-15,18,27H,3,8,16-17,19-20H2,1-2H3. The topological polar surface area (TPSA) is 63.5 Å². The fourth-order valence-corrected chi connectivity index (χ4v) is 4.97. The van der Waals surface area contributed by atoms with Crippen LogP contribution >= 0.6 is 0 Å². The van der Waals surface area contributed by atoms with Crippen molar-refractivity contribution >= 4 is 22.4 Å². The molecule has 5 rings (SSSR count). The SMILES string of the molecule is CCOc1ccc2cccnc2c1N1CCCN(C(C(C)=O)c2ccn(-c3ccccc3)n2)CC1. The molecule has 3 heterocycles. The van der Waals surface area contributed by atoms with E-state index in [-0.39, 0.29) is 11.8 Å². The molecule has 0 N–H and O–H groups in total. The Balaban J connectivity index is 1.41. The zero-order valence-corrected chi connectivity index (χ0v) is 20.3. The first-order valence-electron chi connectivity index (χ1n) is 12.3. The van der Waals surface area contributed by atoms with Crippen molar-refractivity contribution in [3.63, 3.8) is 0 Å². The average Bonchev–Trinajstić information content (AvgIpc) is 3.24. The minimum absolute atomic E-state index is 0.110. The molecule has 1 unspecified atom stereocenters. The molecule has 2 aromatic heterocycles. The van der Waals surface area contributed by atoms with Crippen LogP contribution in [0.15, 0.2) is 73.1 Å². The lowest BCUT2D eigenvalue weighted by molar-refractivity contribution is -0.122. The molecule has 180 valence electrons. The Hall–Kier alpha value is -3.71. The summed E-state index contributed by atoms with van der Waals surface area (Å²) in [4.78, 5) is 22.1. The number of benzene rings is 2. The molecule has 1 saturated heterocycles. The summed E-state index contributed by atoms with van der Waals surface area (Å²) in [7, 11) is 0. The Morgan fingerprint density at radius 3 is 2.66 bits per heavy atom. The van der Waals surface area contributed by atoms with Crippen LogP contribution < -0.4 is 9.64 Å². The second-order valence-corrected chi connectivity index (χ2v) is 8.83. The van der Waals surface area contributed by atoms with Gasteiger partial charge in [0.15, 0.2) is 5.78 Å². The number of para-hydroxylation sites is 1. The molecule has 1 atom stereocenters. The number of pyridine rings is 1. The molecule has 7 heteroatoms. The first-order valence-corrected chi connectivity index (χ1v) is 12.3. The first kappa shape index (κ1) is 23.1. The molecule has 4 aromatic rings. The highest BCUT2D eigenvalue weighted by molar-refractivity contribution is 5.94. The number of anilines is 1. The Morgan fingerprint density at radius 2 is 1.86 bits per heavy atom. The van der Waals surface area contributed by atoms with E-state index >= 15 is 0 Å². The van der Waals surface area contributed by atoms with Gasteiger partial charge in [0.05, 0.1) is 23.5 Å². The highest BCUT2D eigenvalue weighted by Crippen LogP contribution is 2.36. The van der Waals surface area contributed by atoms with Crippen molar-refractivity contribution in [3.05, 3.63) is 78.8 Å². The third-order valence-corrected chi connectivity index (χ3v) is 6.52. The molecule has 0 saturated carbocycles. The number of aromatic nitrogens is 3. The van der Waals surface area contributed by atoms with Crippen molar-refractivity contribution in [1.82, 2.24) is 19.7 Å². The Bertz CT molecular complexity index is 1300. The van der Waals surface area contributed by atoms with Crippen molar-refractivity contribution < 1.29 is 9.53 Å². The predicted octanol–water partition coefficient (Wildman–Crippen LogP) is 4.66. The van der Waals surface area contributed by atoms with Crippen LogP contribution in [-0.4, -0.2) is 58.2 Å². The van der Waals surface area contributed by atoms with E-state index in [4.69, 9.17) is 9.84 Å². The lowest BCUT2D eigenvalue weighted by Gasteiger charge is -2.29. The maximum atomic E-state index is 12.8. The number of ether oxygens (including phenoxy) is 1. The maximum absolute atomic E-state index is 12.8. The van der Waals surface area contributed by atoms with Gasteiger partial charge < -0.3 is 9.64 Å². The lowest BCUT2D eigenvalue weighted by Crippen LogP contribution is -2.37. The molecule has 0 spiro atoms. The van der Waals surface area contributed by atoms with Crippen molar-refractivity contribution in [2.24, 2.45) is 0 Å². The fourth-order valence-electron chi connectivity index (χ4n) is 4.97. The van der Waals surface area contributed by atoms with E-state index in [9.17, 15) is 4.79 Å². The van der Waals surface area contributed by atoms with Crippen molar-refractivity contribution in [3.8, 4) is 11.4 Å². The van der Waals surface area contributed by atoms with E-state index in [0.29, 0.717) is 6.61 Å². The number of Topliss-reactive ketones (excluding diaryl/α,β-unsaturated/α-hetero) is 1. The van der Waals surface area contributed by atoms with Gasteiger partial charge in [-0.1, -0.05) is 24.3 Å². The summed E-state index contributed by atoms with van der Waals surface area (Å²) in [5.41, 5.74) is 3.77. The summed E-state index contributed by atoms with van der Waals surface area (Å²) in [5, 5.41) is 5.87. The van der Waals surface area contributed by atoms with Crippen molar-refractivity contribution in [1.29, 1.82) is 0 Å². The number of carbonyl (C=O) groups is 1.